The predicted octanol–water partition coefficient (Wildman–Crippen LogP) is 10.8. The van der Waals surface area contributed by atoms with E-state index in [9.17, 15) is 0 Å². The van der Waals surface area contributed by atoms with Crippen LogP contribution in [-0.4, -0.2) is 35.2 Å². The molecule has 5 nitrogen and oxygen atoms in total. The first kappa shape index (κ1) is 27.3. The number of hydrogen-bond donors (Lipinski definition) is 0. The molecule has 0 radical (unpaired) electrons. The molecule has 0 N–H and O–H groups in total. The van der Waals surface area contributed by atoms with Crippen molar-refractivity contribution in [1.29, 1.82) is 0 Å². The summed E-state index contributed by atoms with van der Waals surface area (Å²) < 4.78 is 60.5. The van der Waals surface area contributed by atoms with Gasteiger partial charge in [-0.1, -0.05) is 114 Å². The smallest absolute Gasteiger partial charge is 0.137 e. The summed E-state index contributed by atoms with van der Waals surface area (Å²) in [6.45, 7) is 9.29. The summed E-state index contributed by atoms with van der Waals surface area (Å²) in [5.41, 5.74) is 2.27. The molecule has 5 heteroatoms. The molecule has 6 aromatic rings. The molecule has 0 amide bonds. The minimum absolute atomic E-state index is 0.0512. The predicted molar refractivity (Wildman–Crippen MR) is 211 cm³/mol. The van der Waals surface area contributed by atoms with Crippen LogP contribution in [0, 0.1) is 0 Å². The lowest BCUT2D eigenvalue weighted by atomic mass is 9.77. The fraction of sp³-hybridized carbons (Fsp3) is 0.222. The quantitative estimate of drug-likeness (QED) is 0.0783. The molecule has 254 valence electrons. The number of nitrogens with zero attached hydrogens (tertiary/aromatic N) is 4. The zero-order valence-electron chi connectivity index (χ0n) is 35.4. The second-order valence-corrected chi connectivity index (χ2v) is 13.7. The maximum Gasteiger partial charge on any atom is 0.137 e. The first-order chi connectivity index (χ1) is 26.4. The van der Waals surface area contributed by atoms with Crippen LogP contribution < -0.4 is 9.64 Å². The van der Waals surface area contributed by atoms with Gasteiger partial charge in [0.25, 0.3) is 0 Å². The monoisotopic (exact) mass is 666 g/mol. The minimum atomic E-state index is -2.91. The molecule has 0 saturated carbocycles. The molecule has 0 unspecified atom stereocenters. The van der Waals surface area contributed by atoms with Crippen molar-refractivity contribution in [1.82, 2.24) is 14.5 Å². The second kappa shape index (κ2) is 13.8. The Hall–Kier alpha value is -5.55. The molecule has 4 aromatic carbocycles. The third-order valence-electron chi connectivity index (χ3n) is 9.07. The van der Waals surface area contributed by atoms with Gasteiger partial charge in [-0.2, -0.15) is 0 Å². The van der Waals surface area contributed by atoms with Crippen molar-refractivity contribution in [2.75, 3.05) is 25.7 Å². The average Bonchev–Trinajstić information content (AvgIpc) is 3.47. The highest BCUT2D eigenvalue weighted by atomic mass is 16.5. The highest BCUT2D eigenvalue weighted by molar-refractivity contribution is 6.09. The zero-order valence-corrected chi connectivity index (χ0v) is 29.4. The molecule has 2 heterocycles. The minimum Gasteiger partial charge on any atom is -0.457 e. The first-order valence-electron chi connectivity index (χ1n) is 19.7. The Bertz CT molecular complexity index is 2410. The Morgan fingerprint density at radius 2 is 1.54 bits per heavy atom. The Morgan fingerprint density at radius 3 is 2.28 bits per heavy atom. The number of likely N-dealkylation sites (N-methyl/N-ethyl adjacent to an activating group) is 1. The summed E-state index contributed by atoms with van der Waals surface area (Å²) >= 11 is 0. The molecule has 0 fully saturated rings. The van der Waals surface area contributed by atoms with Crippen LogP contribution in [0.4, 0.5) is 5.69 Å². The molecule has 0 aliphatic carbocycles. The normalized spacial score (nSPS) is 14.5. The van der Waals surface area contributed by atoms with Crippen LogP contribution in [0.3, 0.4) is 0 Å². The van der Waals surface area contributed by atoms with E-state index in [4.69, 9.17) is 17.9 Å². The van der Waals surface area contributed by atoms with E-state index in [1.54, 1.807) is 73.8 Å². The number of fused-ring (bicyclic) bond motifs is 3. The van der Waals surface area contributed by atoms with Gasteiger partial charge in [0.2, 0.25) is 0 Å². The van der Waals surface area contributed by atoms with Gasteiger partial charge >= 0.3 is 0 Å². The van der Waals surface area contributed by atoms with Crippen LogP contribution in [0.2, 0.25) is 0 Å². The van der Waals surface area contributed by atoms with Gasteiger partial charge in [0.15, 0.2) is 0 Å². The van der Waals surface area contributed by atoms with E-state index in [0.29, 0.717) is 22.9 Å². The van der Waals surface area contributed by atoms with Crippen LogP contribution in [0.15, 0.2) is 152 Å². The van der Waals surface area contributed by atoms with Gasteiger partial charge in [0.05, 0.1) is 17.7 Å². The summed E-state index contributed by atoms with van der Waals surface area (Å²) in [6.07, 6.45) is 5.25. The summed E-state index contributed by atoms with van der Waals surface area (Å²) in [7, 11) is 3.65. The van der Waals surface area contributed by atoms with E-state index in [0.717, 1.165) is 27.6 Å². The molecule has 0 saturated heterocycles. The number of pyridine rings is 1. The van der Waals surface area contributed by atoms with E-state index in [1.165, 1.54) is 5.56 Å². The summed E-state index contributed by atoms with van der Waals surface area (Å²) in [5, 5.41) is 2.18. The Morgan fingerprint density at radius 1 is 0.840 bits per heavy atom. The lowest BCUT2D eigenvalue weighted by Gasteiger charge is -2.34. The molecule has 0 aliphatic rings. The van der Waals surface area contributed by atoms with E-state index in [-0.39, 0.29) is 23.2 Å². The SMILES string of the molecule is [2H]C([2H])([2H])C(c1ccccc1)(c1ccccc1N(C)CN(C)C(=C)C=C(C=C)Oc1ccc2c3ccccc3n(-c3cc(C(C)(C)C)ccn3)c2c1)C([2H])([2H])[2H]. The van der Waals surface area contributed by atoms with Crippen LogP contribution in [-0.2, 0) is 10.8 Å². The van der Waals surface area contributed by atoms with Gasteiger partial charge in [-0.3, -0.25) is 4.57 Å². The second-order valence-electron chi connectivity index (χ2n) is 13.7. The van der Waals surface area contributed by atoms with E-state index in [2.05, 4.69) is 68.8 Å². The topological polar surface area (TPSA) is 33.5 Å². The van der Waals surface area contributed by atoms with Gasteiger partial charge in [0.1, 0.15) is 17.3 Å². The van der Waals surface area contributed by atoms with E-state index < -0.39 is 19.1 Å². The number of hydrogen-bond acceptors (Lipinski definition) is 4. The molecule has 0 spiro atoms. The fourth-order valence-corrected chi connectivity index (χ4v) is 6.26. The number of rotatable bonds is 11. The Balaban J connectivity index is 1.30. The number of aromatic nitrogens is 2. The maximum absolute atomic E-state index is 8.66. The lowest BCUT2D eigenvalue weighted by Crippen LogP contribution is -2.34. The third kappa shape index (κ3) is 6.81. The lowest BCUT2D eigenvalue weighted by molar-refractivity contribution is 0.417. The highest BCUT2D eigenvalue weighted by Crippen LogP contribution is 2.38. The van der Waals surface area contributed by atoms with Gasteiger partial charge in [-0.15, -0.1) is 0 Å². The van der Waals surface area contributed by atoms with E-state index in [1.807, 2.05) is 47.3 Å². The third-order valence-corrected chi connectivity index (χ3v) is 9.07. The van der Waals surface area contributed by atoms with Gasteiger partial charge in [-0.25, -0.2) is 4.98 Å². The van der Waals surface area contributed by atoms with E-state index >= 15 is 0 Å². The number of para-hydroxylation sites is 2. The number of anilines is 1. The van der Waals surface area contributed by atoms with Crippen molar-refractivity contribution in [3.05, 3.63) is 169 Å². The molecule has 2 aromatic heterocycles. The van der Waals surface area contributed by atoms with Crippen LogP contribution >= 0.6 is 0 Å². The zero-order chi connectivity index (χ0) is 40.6. The fourth-order valence-electron chi connectivity index (χ4n) is 6.26. The molecular formula is C45H48N4O. The van der Waals surface area contributed by atoms with Crippen LogP contribution in [0.25, 0.3) is 27.6 Å². The van der Waals surface area contributed by atoms with Crippen molar-refractivity contribution in [2.24, 2.45) is 0 Å². The van der Waals surface area contributed by atoms with Gasteiger partial charge in [-0.05, 0) is 64.6 Å². The Kier molecular flexibility index (Phi) is 7.51. The Labute approximate surface area is 305 Å². The van der Waals surface area contributed by atoms with Crippen molar-refractivity contribution >= 4 is 27.5 Å². The maximum atomic E-state index is 8.66. The molecule has 0 aliphatic heterocycles. The van der Waals surface area contributed by atoms with Crippen molar-refractivity contribution in [3.63, 3.8) is 0 Å². The standard InChI is InChI=1S/C45H48N4O/c1-10-35(28-32(2)47(8)31-48(9)41-23-17-15-21-39(41)45(6,7)33-18-12-11-13-19-33)50-36-24-25-38-37-20-14-16-22-40(37)49(42(38)30-36)43-29-34(26-27-46-43)44(3,4)5/h10-30H,1-2,31H2,3-9H3/i6D3,7D3. The van der Waals surface area contributed by atoms with Crippen LogP contribution in [0.1, 0.15) is 59.4 Å². The average molecular weight is 667 g/mol. The summed E-state index contributed by atoms with van der Waals surface area (Å²) in [5.74, 6) is 1.89. The van der Waals surface area contributed by atoms with Gasteiger partial charge in [0, 0.05) is 68.2 Å². The molecule has 0 bridgehead atoms. The van der Waals surface area contributed by atoms with Crippen LogP contribution in [0.5, 0.6) is 5.75 Å². The van der Waals surface area contributed by atoms with Gasteiger partial charge < -0.3 is 14.5 Å². The number of allylic oxidation sites excluding steroid dienone is 2. The largest absolute Gasteiger partial charge is 0.457 e. The van der Waals surface area contributed by atoms with Crippen molar-refractivity contribution < 1.29 is 13.0 Å². The first-order valence-corrected chi connectivity index (χ1v) is 16.7. The molecule has 6 rings (SSSR count). The molecule has 50 heavy (non-hydrogen) atoms. The van der Waals surface area contributed by atoms with Crippen molar-refractivity contribution in [2.45, 2.75) is 45.3 Å². The molecule has 0 atom stereocenters. The number of ether oxygens (including phenoxy) is 1. The molecular weight excluding hydrogens is 613 g/mol. The summed E-state index contributed by atoms with van der Waals surface area (Å²) in [6, 6.07) is 33.5. The van der Waals surface area contributed by atoms with Crippen molar-refractivity contribution in [3.8, 4) is 11.6 Å². The number of benzene rings is 4. The summed E-state index contributed by atoms with van der Waals surface area (Å²) in [4.78, 5) is 8.48. The highest BCUT2D eigenvalue weighted by Gasteiger charge is 2.27.